The molecule has 1 aliphatic carbocycles. The van der Waals surface area contributed by atoms with Gasteiger partial charge in [-0.3, -0.25) is 4.79 Å². The molecule has 0 spiro atoms. The highest BCUT2D eigenvalue weighted by atomic mass is 19.1. The van der Waals surface area contributed by atoms with Crippen LogP contribution in [0.2, 0.25) is 0 Å². The molecule has 2 heterocycles. The number of piperidine rings is 1. The first kappa shape index (κ1) is 26.2. The number of urea groups is 1. The van der Waals surface area contributed by atoms with Crippen LogP contribution in [0.5, 0.6) is 5.75 Å². The molecule has 2 atom stereocenters. The quantitative estimate of drug-likeness (QED) is 0.407. The van der Waals surface area contributed by atoms with E-state index < -0.39 is 30.1 Å². The van der Waals surface area contributed by atoms with E-state index in [0.717, 1.165) is 37.8 Å². The molecule has 1 aromatic carbocycles. The van der Waals surface area contributed by atoms with Crippen molar-refractivity contribution in [2.24, 2.45) is 28.5 Å². The number of hydrogen-bond donors (Lipinski definition) is 1. The second-order valence-electron chi connectivity index (χ2n) is 9.88. The molecule has 11 heteroatoms. The summed E-state index contributed by atoms with van der Waals surface area (Å²) in [7, 11) is 1.49. The van der Waals surface area contributed by atoms with Crippen LogP contribution in [0.4, 0.5) is 18.0 Å². The standard InChI is InChI=1S/C25H33F3N4O4/c1-35-14-23(29)30-25(34)31-5-2-15(3-6-31)19-8-16(19)4-7-36-18-9-21(27)20(22(28)10-18)11-24(33)32-12-17(26)13-32/h9-10,15-17,19H,2-8,11-14H2,1H3,(H2,29,30,34)/t16-,19-/m1/s1. The van der Waals surface area contributed by atoms with E-state index in [0.29, 0.717) is 37.5 Å². The predicted molar refractivity (Wildman–Crippen MR) is 126 cm³/mol. The van der Waals surface area contributed by atoms with Gasteiger partial charge in [-0.25, -0.2) is 18.0 Å². The number of ether oxygens (including phenoxy) is 2. The summed E-state index contributed by atoms with van der Waals surface area (Å²) in [6, 6.07) is 1.87. The van der Waals surface area contributed by atoms with Gasteiger partial charge < -0.3 is 25.0 Å². The van der Waals surface area contributed by atoms with Gasteiger partial charge in [0.1, 0.15) is 36.0 Å². The van der Waals surface area contributed by atoms with Crippen LogP contribution in [0.3, 0.4) is 0 Å². The fourth-order valence-corrected chi connectivity index (χ4v) is 5.12. The molecule has 3 aliphatic rings. The SMILES string of the molecule is COC/C(N)=N/C(=O)N1CCC([C@H]2C[C@H]2CCOc2cc(F)c(CC(=O)N3CC(F)C3)c(F)c2)CC1. The zero-order valence-electron chi connectivity index (χ0n) is 20.4. The van der Waals surface area contributed by atoms with Gasteiger partial charge in [0.25, 0.3) is 0 Å². The number of rotatable bonds is 9. The smallest absolute Gasteiger partial charge is 0.345 e. The van der Waals surface area contributed by atoms with E-state index in [2.05, 4.69) is 4.99 Å². The second-order valence-corrected chi connectivity index (χ2v) is 9.88. The van der Waals surface area contributed by atoms with E-state index in [1.165, 1.54) is 12.0 Å². The van der Waals surface area contributed by atoms with Crippen molar-refractivity contribution in [3.63, 3.8) is 0 Å². The van der Waals surface area contributed by atoms with Crippen molar-refractivity contribution in [2.45, 2.75) is 38.3 Å². The summed E-state index contributed by atoms with van der Waals surface area (Å²) in [6.07, 6.45) is 2.19. The van der Waals surface area contributed by atoms with Gasteiger partial charge in [0, 0.05) is 37.9 Å². The Morgan fingerprint density at radius 2 is 1.81 bits per heavy atom. The molecule has 0 unspecified atom stereocenters. The molecule has 2 aliphatic heterocycles. The van der Waals surface area contributed by atoms with Crippen LogP contribution in [0, 0.1) is 29.4 Å². The first-order chi connectivity index (χ1) is 17.2. The van der Waals surface area contributed by atoms with Crippen LogP contribution < -0.4 is 10.5 Å². The van der Waals surface area contributed by atoms with Crippen LogP contribution >= 0.6 is 0 Å². The number of nitrogens with two attached hydrogens (primary N) is 1. The molecule has 1 saturated carbocycles. The molecular formula is C25H33F3N4O4. The fraction of sp³-hybridized carbons (Fsp3) is 0.640. The van der Waals surface area contributed by atoms with E-state index in [4.69, 9.17) is 15.2 Å². The molecule has 0 aromatic heterocycles. The third-order valence-electron chi connectivity index (χ3n) is 7.31. The normalized spacial score (nSPS) is 22.9. The zero-order chi connectivity index (χ0) is 25.8. The average Bonchev–Trinajstić information content (AvgIpc) is 3.59. The Kier molecular flexibility index (Phi) is 8.38. The van der Waals surface area contributed by atoms with Crippen molar-refractivity contribution < 1.29 is 32.2 Å². The molecule has 2 saturated heterocycles. The van der Waals surface area contributed by atoms with Gasteiger partial charge in [-0.1, -0.05) is 0 Å². The predicted octanol–water partition coefficient (Wildman–Crippen LogP) is 2.93. The number of aliphatic imine (C=N–C) groups is 1. The first-order valence-electron chi connectivity index (χ1n) is 12.4. The van der Waals surface area contributed by atoms with Crippen molar-refractivity contribution in [2.75, 3.05) is 46.5 Å². The molecule has 1 aromatic rings. The second kappa shape index (κ2) is 11.5. The molecule has 0 radical (unpaired) electrons. The third-order valence-corrected chi connectivity index (χ3v) is 7.31. The summed E-state index contributed by atoms with van der Waals surface area (Å²) < 4.78 is 52.2. The monoisotopic (exact) mass is 510 g/mol. The number of amides is 3. The van der Waals surface area contributed by atoms with E-state index >= 15 is 0 Å². The maximum atomic E-state index is 14.4. The number of carbonyl (C=O) groups excluding carboxylic acids is 2. The van der Waals surface area contributed by atoms with Crippen LogP contribution in [-0.4, -0.2) is 80.2 Å². The van der Waals surface area contributed by atoms with Crippen LogP contribution in [0.25, 0.3) is 0 Å². The average molecular weight is 511 g/mol. The van der Waals surface area contributed by atoms with E-state index in [1.54, 1.807) is 4.90 Å². The largest absolute Gasteiger partial charge is 0.493 e. The van der Waals surface area contributed by atoms with Crippen molar-refractivity contribution in [1.29, 1.82) is 0 Å². The Bertz CT molecular complexity index is 971. The van der Waals surface area contributed by atoms with Crippen LogP contribution in [0.15, 0.2) is 17.1 Å². The first-order valence-corrected chi connectivity index (χ1v) is 12.4. The Labute approximate surface area is 208 Å². The Balaban J connectivity index is 1.17. The van der Waals surface area contributed by atoms with E-state index in [9.17, 15) is 22.8 Å². The number of likely N-dealkylation sites (tertiary alicyclic amines) is 2. The van der Waals surface area contributed by atoms with Crippen molar-refractivity contribution in [1.82, 2.24) is 9.80 Å². The number of hydrogen-bond acceptors (Lipinski definition) is 4. The van der Waals surface area contributed by atoms with Crippen molar-refractivity contribution >= 4 is 17.8 Å². The lowest BCUT2D eigenvalue weighted by Crippen LogP contribution is -2.52. The topological polar surface area (TPSA) is 97.5 Å². The molecular weight excluding hydrogens is 477 g/mol. The van der Waals surface area contributed by atoms with Gasteiger partial charge in [0.15, 0.2) is 0 Å². The molecule has 3 amide bonds. The van der Waals surface area contributed by atoms with Crippen LogP contribution in [-0.2, 0) is 16.0 Å². The Morgan fingerprint density at radius 3 is 2.42 bits per heavy atom. The highest BCUT2D eigenvalue weighted by Crippen LogP contribution is 2.49. The number of carbonyl (C=O) groups is 2. The molecule has 0 bridgehead atoms. The molecule has 3 fully saturated rings. The van der Waals surface area contributed by atoms with Gasteiger partial charge in [-0.15, -0.1) is 0 Å². The van der Waals surface area contributed by atoms with Gasteiger partial charge >= 0.3 is 6.03 Å². The minimum atomic E-state index is -1.06. The van der Waals surface area contributed by atoms with E-state index in [-0.39, 0.29) is 42.9 Å². The lowest BCUT2D eigenvalue weighted by molar-refractivity contribution is -0.137. The van der Waals surface area contributed by atoms with Crippen molar-refractivity contribution in [3.05, 3.63) is 29.3 Å². The molecule has 2 N–H and O–H groups in total. The highest BCUT2D eigenvalue weighted by molar-refractivity contribution is 5.93. The molecule has 36 heavy (non-hydrogen) atoms. The number of halogens is 3. The zero-order valence-corrected chi connectivity index (χ0v) is 20.4. The minimum Gasteiger partial charge on any atom is -0.493 e. The van der Waals surface area contributed by atoms with Crippen LogP contribution in [0.1, 0.15) is 31.2 Å². The maximum Gasteiger partial charge on any atom is 0.345 e. The number of alkyl halides is 1. The Hall–Kier alpha value is -2.82. The number of methoxy groups -OCH3 is 1. The summed E-state index contributed by atoms with van der Waals surface area (Å²) in [5.74, 6) is -0.318. The number of nitrogens with zero attached hydrogens (tertiary/aromatic N) is 3. The summed E-state index contributed by atoms with van der Waals surface area (Å²) in [6.45, 7) is 1.70. The Morgan fingerprint density at radius 1 is 1.14 bits per heavy atom. The summed E-state index contributed by atoms with van der Waals surface area (Å²) in [5, 5.41) is 0. The summed E-state index contributed by atoms with van der Waals surface area (Å²) in [4.78, 5) is 31.0. The number of amidine groups is 1. The van der Waals surface area contributed by atoms with Gasteiger partial charge in [0.05, 0.1) is 26.1 Å². The fourth-order valence-electron chi connectivity index (χ4n) is 5.12. The van der Waals surface area contributed by atoms with Gasteiger partial charge in [-0.05, 0) is 43.4 Å². The van der Waals surface area contributed by atoms with Gasteiger partial charge in [-0.2, -0.15) is 4.99 Å². The highest BCUT2D eigenvalue weighted by Gasteiger charge is 2.43. The minimum absolute atomic E-state index is 0.0266. The maximum absolute atomic E-state index is 14.4. The molecule has 4 rings (SSSR count). The molecule has 198 valence electrons. The number of benzene rings is 1. The van der Waals surface area contributed by atoms with Gasteiger partial charge in [0.2, 0.25) is 5.91 Å². The lowest BCUT2D eigenvalue weighted by Gasteiger charge is -2.34. The lowest BCUT2D eigenvalue weighted by atomic mass is 9.90. The third kappa shape index (κ3) is 6.48. The van der Waals surface area contributed by atoms with Crippen molar-refractivity contribution in [3.8, 4) is 5.75 Å². The van der Waals surface area contributed by atoms with E-state index in [1.807, 2.05) is 0 Å². The summed E-state index contributed by atoms with van der Waals surface area (Å²) in [5.41, 5.74) is 5.32. The summed E-state index contributed by atoms with van der Waals surface area (Å²) >= 11 is 0. The molecule has 8 nitrogen and oxygen atoms in total.